The molecule has 0 aliphatic carbocycles. The number of carboxylic acid groups (broad SMARTS) is 1. The van der Waals surface area contributed by atoms with Gasteiger partial charge in [0.05, 0.1) is 26.6 Å². The van der Waals surface area contributed by atoms with E-state index in [1.165, 1.54) is 17.8 Å². The van der Waals surface area contributed by atoms with Crippen LogP contribution in [0.3, 0.4) is 0 Å². The van der Waals surface area contributed by atoms with E-state index < -0.39 is 12.1 Å². The zero-order valence-corrected chi connectivity index (χ0v) is 19.1. The van der Waals surface area contributed by atoms with Gasteiger partial charge in [0.25, 0.3) is 5.56 Å². The highest BCUT2D eigenvalue weighted by molar-refractivity contribution is 9.10. The molecule has 29 heavy (non-hydrogen) atoms. The first kappa shape index (κ1) is 21.5. The number of rotatable bonds is 5. The molecule has 2 aromatic carbocycles. The van der Waals surface area contributed by atoms with Crippen molar-refractivity contribution in [3.05, 3.63) is 66.0 Å². The van der Waals surface area contributed by atoms with Crippen LogP contribution in [0.1, 0.15) is 18.3 Å². The second-order valence-corrected chi connectivity index (χ2v) is 8.27. The molecule has 0 fully saturated rings. The summed E-state index contributed by atoms with van der Waals surface area (Å²) in [7, 11) is 0. The van der Waals surface area contributed by atoms with Crippen molar-refractivity contribution in [3.63, 3.8) is 0 Å². The van der Waals surface area contributed by atoms with Crippen LogP contribution in [-0.4, -0.2) is 33.1 Å². The van der Waals surface area contributed by atoms with Crippen LogP contribution in [0, 0.1) is 6.92 Å². The number of aryl methyl sites for hydroxylation is 1. The summed E-state index contributed by atoms with van der Waals surface area (Å²) >= 11 is 12.9. The summed E-state index contributed by atoms with van der Waals surface area (Å²) in [5, 5.41) is 13.9. The number of hydrogen-bond donors (Lipinski definition) is 1. The zero-order valence-electron chi connectivity index (χ0n) is 15.2. The predicted molar refractivity (Wildman–Crippen MR) is 118 cm³/mol. The van der Waals surface area contributed by atoms with Crippen molar-refractivity contribution < 1.29 is 14.6 Å². The highest BCUT2D eigenvalue weighted by Gasteiger charge is 2.17. The molecular weight excluding hydrogens is 529 g/mol. The maximum atomic E-state index is 12.8. The predicted octanol–water partition coefficient (Wildman–Crippen LogP) is 4.62. The number of nitrogens with zero attached hydrogens (tertiary/aromatic N) is 3. The fourth-order valence-electron chi connectivity index (χ4n) is 2.51. The summed E-state index contributed by atoms with van der Waals surface area (Å²) in [4.78, 5) is 28.2. The van der Waals surface area contributed by atoms with E-state index in [0.29, 0.717) is 26.8 Å². The van der Waals surface area contributed by atoms with Crippen molar-refractivity contribution in [1.29, 1.82) is 0 Å². The molecule has 7 nitrogen and oxygen atoms in total. The average molecular weight is 544 g/mol. The van der Waals surface area contributed by atoms with Crippen molar-refractivity contribution in [3.8, 4) is 5.75 Å². The Morgan fingerprint density at radius 2 is 2.07 bits per heavy atom. The smallest absolute Gasteiger partial charge is 0.344 e. The van der Waals surface area contributed by atoms with E-state index >= 15 is 0 Å². The molecule has 3 aromatic rings. The second-order valence-electron chi connectivity index (χ2n) is 6.09. The summed E-state index contributed by atoms with van der Waals surface area (Å²) in [6.45, 7) is 3.09. The van der Waals surface area contributed by atoms with Crippen molar-refractivity contribution in [1.82, 2.24) is 9.66 Å². The molecule has 0 saturated carbocycles. The van der Waals surface area contributed by atoms with E-state index in [-0.39, 0.29) is 16.3 Å². The van der Waals surface area contributed by atoms with Crippen molar-refractivity contribution in [2.24, 2.45) is 5.10 Å². The Bertz CT molecular complexity index is 1190. The molecule has 1 heterocycles. The third kappa shape index (κ3) is 4.68. The number of aliphatic carboxylic acids is 1. The van der Waals surface area contributed by atoms with Crippen molar-refractivity contribution >= 4 is 66.5 Å². The number of aromatic nitrogens is 2. The highest BCUT2D eigenvalue weighted by atomic mass is 79.9. The Morgan fingerprint density at radius 1 is 1.34 bits per heavy atom. The maximum Gasteiger partial charge on any atom is 0.344 e. The summed E-state index contributed by atoms with van der Waals surface area (Å²) in [6, 6.07) is 8.49. The molecule has 0 aliphatic heterocycles. The minimum absolute atomic E-state index is 0.207. The monoisotopic (exact) mass is 541 g/mol. The highest BCUT2D eigenvalue weighted by Crippen LogP contribution is 2.35. The summed E-state index contributed by atoms with van der Waals surface area (Å²) in [5.74, 6) is -0.463. The standard InChI is InChI=1S/C19H14Br2ClN3O4/c1-9(19(27)28)29-17-14(21)5-11(6-15(17)22)8-23-25-10(2)24-16-4-3-12(20)7-13(16)18(25)26/h3-9H,1-2H3,(H,27,28)/t9-/m0/s1. The van der Waals surface area contributed by atoms with E-state index in [1.807, 2.05) is 6.07 Å². The lowest BCUT2D eigenvalue weighted by Crippen LogP contribution is -2.23. The largest absolute Gasteiger partial charge is 0.479 e. The van der Waals surface area contributed by atoms with Crippen LogP contribution >= 0.6 is 43.5 Å². The summed E-state index contributed by atoms with van der Waals surface area (Å²) < 4.78 is 7.79. The number of carboxylic acids is 1. The second kappa shape index (κ2) is 8.64. The Hall–Kier alpha value is -2.23. The number of carbonyl (C=O) groups is 1. The van der Waals surface area contributed by atoms with Gasteiger partial charge in [0.15, 0.2) is 11.9 Å². The zero-order chi connectivity index (χ0) is 21.3. The Labute approximate surface area is 187 Å². The van der Waals surface area contributed by atoms with Crippen LogP contribution in [0.15, 0.2) is 49.2 Å². The maximum absolute atomic E-state index is 12.8. The van der Waals surface area contributed by atoms with Gasteiger partial charge in [-0.05, 0) is 65.7 Å². The Kier molecular flexibility index (Phi) is 6.40. The van der Waals surface area contributed by atoms with Gasteiger partial charge in [-0.1, -0.05) is 27.5 Å². The van der Waals surface area contributed by atoms with E-state index in [9.17, 15) is 9.59 Å². The van der Waals surface area contributed by atoms with Gasteiger partial charge in [0.2, 0.25) is 0 Å². The number of hydrogen-bond acceptors (Lipinski definition) is 5. The van der Waals surface area contributed by atoms with E-state index in [1.54, 1.807) is 31.2 Å². The molecule has 0 unspecified atom stereocenters. The molecule has 1 aromatic heterocycles. The first-order valence-electron chi connectivity index (χ1n) is 8.29. The van der Waals surface area contributed by atoms with Gasteiger partial charge in [-0.2, -0.15) is 9.78 Å². The molecule has 0 bridgehead atoms. The minimum atomic E-state index is -1.11. The third-order valence-corrected chi connectivity index (χ3v) is 5.32. The quantitative estimate of drug-likeness (QED) is 0.474. The number of fused-ring (bicyclic) bond motifs is 1. The van der Waals surface area contributed by atoms with Gasteiger partial charge < -0.3 is 9.84 Å². The lowest BCUT2D eigenvalue weighted by Gasteiger charge is -2.14. The first-order valence-corrected chi connectivity index (χ1v) is 10.3. The normalized spacial score (nSPS) is 12.4. The van der Waals surface area contributed by atoms with Crippen LogP contribution in [0.5, 0.6) is 5.75 Å². The molecule has 10 heteroatoms. The van der Waals surface area contributed by atoms with E-state index in [4.69, 9.17) is 21.4 Å². The Balaban J connectivity index is 1.98. The number of benzene rings is 2. The number of halogens is 3. The topological polar surface area (TPSA) is 93.8 Å². The van der Waals surface area contributed by atoms with Gasteiger partial charge in [-0.3, -0.25) is 4.79 Å². The molecule has 0 spiro atoms. The van der Waals surface area contributed by atoms with Gasteiger partial charge in [-0.15, -0.1) is 0 Å². The fraction of sp³-hybridized carbons (Fsp3) is 0.158. The first-order chi connectivity index (χ1) is 13.7. The lowest BCUT2D eigenvalue weighted by molar-refractivity contribution is -0.144. The van der Waals surface area contributed by atoms with E-state index in [0.717, 1.165) is 4.47 Å². The molecule has 0 aliphatic rings. The summed E-state index contributed by atoms with van der Waals surface area (Å²) in [5.41, 5.74) is 0.866. The van der Waals surface area contributed by atoms with Crippen LogP contribution in [0.2, 0.25) is 5.02 Å². The van der Waals surface area contributed by atoms with Crippen LogP contribution in [-0.2, 0) is 4.79 Å². The molecular formula is C19H14Br2ClN3O4. The molecule has 0 amide bonds. The molecule has 150 valence electrons. The van der Waals surface area contributed by atoms with Crippen molar-refractivity contribution in [2.45, 2.75) is 20.0 Å². The summed E-state index contributed by atoms with van der Waals surface area (Å²) in [6.07, 6.45) is 0.397. The average Bonchev–Trinajstić information content (AvgIpc) is 2.65. The fourth-order valence-corrected chi connectivity index (χ4v) is 3.83. The van der Waals surface area contributed by atoms with Gasteiger partial charge in [0.1, 0.15) is 5.82 Å². The molecule has 0 radical (unpaired) electrons. The van der Waals surface area contributed by atoms with Crippen molar-refractivity contribution in [2.75, 3.05) is 0 Å². The molecule has 1 atom stereocenters. The van der Waals surface area contributed by atoms with Crippen LogP contribution in [0.25, 0.3) is 10.9 Å². The lowest BCUT2D eigenvalue weighted by atomic mass is 10.2. The molecule has 0 saturated heterocycles. The SMILES string of the molecule is Cc1nc2ccc(Br)cc2c(=O)n1N=Cc1cc(Cl)c(O[C@@H](C)C(=O)O)c(Br)c1. The van der Waals surface area contributed by atoms with Crippen LogP contribution < -0.4 is 10.3 Å². The van der Waals surface area contributed by atoms with Gasteiger partial charge in [-0.25, -0.2) is 9.78 Å². The molecule has 3 rings (SSSR count). The third-order valence-electron chi connectivity index (χ3n) is 3.96. The van der Waals surface area contributed by atoms with E-state index in [2.05, 4.69) is 41.9 Å². The van der Waals surface area contributed by atoms with Crippen LogP contribution in [0.4, 0.5) is 0 Å². The molecule has 1 N–H and O–H groups in total. The Morgan fingerprint density at radius 3 is 2.72 bits per heavy atom. The minimum Gasteiger partial charge on any atom is -0.479 e. The number of ether oxygens (including phenoxy) is 1. The van der Waals surface area contributed by atoms with Gasteiger partial charge >= 0.3 is 5.97 Å². The van der Waals surface area contributed by atoms with Gasteiger partial charge in [0, 0.05) is 4.47 Å².